The second kappa shape index (κ2) is 7.22. The molecule has 0 aliphatic rings. The first-order valence-electron chi connectivity index (χ1n) is 6.93. The van der Waals surface area contributed by atoms with Gasteiger partial charge in [-0.15, -0.1) is 11.3 Å². The van der Waals surface area contributed by atoms with Gasteiger partial charge in [0.05, 0.1) is 24.6 Å². The minimum atomic E-state index is -0.00800. The Labute approximate surface area is 129 Å². The number of carbonyl (C=O) groups excluding carboxylic acids is 1. The molecule has 0 aliphatic carbocycles. The number of rotatable bonds is 6. The molecule has 4 nitrogen and oxygen atoms in total. The number of hydrogen-bond acceptors (Lipinski definition) is 4. The smallest absolute Gasteiger partial charge is 0.223 e. The maximum Gasteiger partial charge on any atom is 0.223 e. The van der Waals surface area contributed by atoms with Crippen molar-refractivity contribution in [2.45, 2.75) is 33.7 Å². The lowest BCUT2D eigenvalue weighted by molar-refractivity contribution is -0.121. The average Bonchev–Trinajstić information content (AvgIpc) is 2.87. The quantitative estimate of drug-likeness (QED) is 0.892. The normalized spacial score (nSPS) is 10.4. The Balaban J connectivity index is 1.73. The first-order chi connectivity index (χ1) is 10.1. The summed E-state index contributed by atoms with van der Waals surface area (Å²) in [5.41, 5.74) is 2.32. The third-order valence-electron chi connectivity index (χ3n) is 3.27. The van der Waals surface area contributed by atoms with Crippen LogP contribution < -0.4 is 10.1 Å². The summed E-state index contributed by atoms with van der Waals surface area (Å²) >= 11 is 1.60. The van der Waals surface area contributed by atoms with E-state index in [1.165, 1.54) is 5.56 Å². The molecule has 0 aliphatic heterocycles. The SMILES string of the molecule is Cc1ncc(CNC(=O)CCOc2cccc(C)c2C)s1. The predicted octanol–water partition coefficient (Wildman–Crippen LogP) is 3.15. The summed E-state index contributed by atoms with van der Waals surface area (Å²) in [6, 6.07) is 5.94. The van der Waals surface area contributed by atoms with E-state index in [0.29, 0.717) is 19.6 Å². The van der Waals surface area contributed by atoms with Gasteiger partial charge in [-0.05, 0) is 38.0 Å². The number of carbonyl (C=O) groups is 1. The predicted molar refractivity (Wildman–Crippen MR) is 84.7 cm³/mol. The average molecular weight is 304 g/mol. The van der Waals surface area contributed by atoms with Crippen molar-refractivity contribution in [2.75, 3.05) is 6.61 Å². The lowest BCUT2D eigenvalue weighted by Gasteiger charge is -2.10. The number of benzene rings is 1. The summed E-state index contributed by atoms with van der Waals surface area (Å²) in [6.45, 7) is 6.95. The Morgan fingerprint density at radius 2 is 2.14 bits per heavy atom. The summed E-state index contributed by atoms with van der Waals surface area (Å²) in [6.07, 6.45) is 2.15. The van der Waals surface area contributed by atoms with Crippen LogP contribution in [0.3, 0.4) is 0 Å². The molecule has 112 valence electrons. The second-order valence-electron chi connectivity index (χ2n) is 4.92. The highest BCUT2D eigenvalue weighted by Crippen LogP contribution is 2.20. The van der Waals surface area contributed by atoms with Gasteiger partial charge < -0.3 is 10.1 Å². The Hall–Kier alpha value is -1.88. The van der Waals surface area contributed by atoms with E-state index in [1.807, 2.05) is 39.0 Å². The monoisotopic (exact) mass is 304 g/mol. The van der Waals surface area contributed by atoms with Gasteiger partial charge >= 0.3 is 0 Å². The topological polar surface area (TPSA) is 51.2 Å². The Morgan fingerprint density at radius 3 is 2.86 bits per heavy atom. The number of thiazole rings is 1. The van der Waals surface area contributed by atoms with Gasteiger partial charge in [0.2, 0.25) is 5.91 Å². The Kier molecular flexibility index (Phi) is 5.33. The number of nitrogens with one attached hydrogen (secondary N) is 1. The fourth-order valence-electron chi connectivity index (χ4n) is 1.90. The first kappa shape index (κ1) is 15.5. The third kappa shape index (κ3) is 4.56. The van der Waals surface area contributed by atoms with Crippen LogP contribution in [0.1, 0.15) is 27.4 Å². The summed E-state index contributed by atoms with van der Waals surface area (Å²) in [5.74, 6) is 0.840. The van der Waals surface area contributed by atoms with E-state index < -0.39 is 0 Å². The first-order valence-corrected chi connectivity index (χ1v) is 7.75. The number of amides is 1. The molecule has 21 heavy (non-hydrogen) atoms. The van der Waals surface area contributed by atoms with Crippen LogP contribution in [-0.2, 0) is 11.3 Å². The van der Waals surface area contributed by atoms with Crippen LogP contribution in [0, 0.1) is 20.8 Å². The minimum absolute atomic E-state index is 0.00800. The standard InChI is InChI=1S/C16H20N2O2S/c1-11-5-4-6-15(12(11)2)20-8-7-16(19)18-10-14-9-17-13(3)21-14/h4-6,9H,7-8,10H2,1-3H3,(H,18,19). The highest BCUT2D eigenvalue weighted by Gasteiger charge is 2.05. The van der Waals surface area contributed by atoms with Gasteiger partial charge in [-0.2, -0.15) is 0 Å². The number of nitrogens with zero attached hydrogens (tertiary/aromatic N) is 1. The largest absolute Gasteiger partial charge is 0.493 e. The van der Waals surface area contributed by atoms with Crippen molar-refractivity contribution >= 4 is 17.2 Å². The lowest BCUT2D eigenvalue weighted by atomic mass is 10.1. The lowest BCUT2D eigenvalue weighted by Crippen LogP contribution is -2.24. The van der Waals surface area contributed by atoms with E-state index in [2.05, 4.69) is 10.3 Å². The van der Waals surface area contributed by atoms with E-state index in [9.17, 15) is 4.79 Å². The number of hydrogen-bond donors (Lipinski definition) is 1. The second-order valence-corrected chi connectivity index (χ2v) is 6.24. The van der Waals surface area contributed by atoms with Crippen molar-refractivity contribution in [2.24, 2.45) is 0 Å². The molecule has 1 amide bonds. The molecule has 0 saturated heterocycles. The van der Waals surface area contributed by atoms with Crippen LogP contribution in [0.2, 0.25) is 0 Å². The molecule has 0 saturated carbocycles. The molecule has 1 aromatic carbocycles. The molecule has 5 heteroatoms. The van der Waals surface area contributed by atoms with Crippen LogP contribution in [0.4, 0.5) is 0 Å². The Morgan fingerprint density at radius 1 is 1.33 bits per heavy atom. The van der Waals surface area contributed by atoms with Crippen molar-refractivity contribution < 1.29 is 9.53 Å². The highest BCUT2D eigenvalue weighted by molar-refractivity contribution is 7.11. The van der Waals surface area contributed by atoms with Crippen molar-refractivity contribution in [3.63, 3.8) is 0 Å². The number of ether oxygens (including phenoxy) is 1. The maximum atomic E-state index is 11.8. The molecule has 2 aromatic rings. The summed E-state index contributed by atoms with van der Waals surface area (Å²) in [5, 5.41) is 3.89. The zero-order chi connectivity index (χ0) is 15.2. The van der Waals surface area contributed by atoms with Crippen LogP contribution in [0.15, 0.2) is 24.4 Å². The molecule has 1 aromatic heterocycles. The fourth-order valence-corrected chi connectivity index (χ4v) is 2.63. The number of aryl methyl sites for hydroxylation is 2. The van der Waals surface area contributed by atoms with E-state index in [1.54, 1.807) is 17.5 Å². The Bertz CT molecular complexity index is 622. The number of aromatic nitrogens is 1. The van der Waals surface area contributed by atoms with Crippen molar-refractivity contribution in [3.05, 3.63) is 45.4 Å². The van der Waals surface area contributed by atoms with E-state index >= 15 is 0 Å². The van der Waals surface area contributed by atoms with Crippen molar-refractivity contribution in [3.8, 4) is 5.75 Å². The maximum absolute atomic E-state index is 11.8. The molecule has 1 N–H and O–H groups in total. The minimum Gasteiger partial charge on any atom is -0.493 e. The fraction of sp³-hybridized carbons (Fsp3) is 0.375. The molecule has 1 heterocycles. The molecule has 0 spiro atoms. The van der Waals surface area contributed by atoms with Gasteiger partial charge in [0.15, 0.2) is 0 Å². The molecule has 0 radical (unpaired) electrons. The van der Waals surface area contributed by atoms with Crippen molar-refractivity contribution in [1.82, 2.24) is 10.3 Å². The van der Waals surface area contributed by atoms with Gasteiger partial charge in [0.25, 0.3) is 0 Å². The van der Waals surface area contributed by atoms with E-state index in [0.717, 1.165) is 21.2 Å². The third-order valence-corrected chi connectivity index (χ3v) is 4.18. The van der Waals surface area contributed by atoms with Gasteiger partial charge in [-0.3, -0.25) is 4.79 Å². The van der Waals surface area contributed by atoms with Gasteiger partial charge in [-0.1, -0.05) is 12.1 Å². The zero-order valence-electron chi connectivity index (χ0n) is 12.6. The van der Waals surface area contributed by atoms with Crippen LogP contribution in [0.25, 0.3) is 0 Å². The highest BCUT2D eigenvalue weighted by atomic mass is 32.1. The molecule has 0 atom stereocenters. The van der Waals surface area contributed by atoms with E-state index in [-0.39, 0.29) is 5.91 Å². The van der Waals surface area contributed by atoms with Crippen LogP contribution in [-0.4, -0.2) is 17.5 Å². The van der Waals surface area contributed by atoms with Crippen LogP contribution in [0.5, 0.6) is 5.75 Å². The molecule has 0 fully saturated rings. The van der Waals surface area contributed by atoms with Crippen LogP contribution >= 0.6 is 11.3 Å². The van der Waals surface area contributed by atoms with Crippen molar-refractivity contribution in [1.29, 1.82) is 0 Å². The molecule has 2 rings (SSSR count). The molecule has 0 bridgehead atoms. The van der Waals surface area contributed by atoms with Gasteiger partial charge in [0.1, 0.15) is 5.75 Å². The molecular formula is C16H20N2O2S. The molecule has 0 unspecified atom stereocenters. The van der Waals surface area contributed by atoms with Gasteiger partial charge in [0, 0.05) is 11.1 Å². The summed E-state index contributed by atoms with van der Waals surface area (Å²) in [4.78, 5) is 17.0. The summed E-state index contributed by atoms with van der Waals surface area (Å²) < 4.78 is 5.67. The van der Waals surface area contributed by atoms with E-state index in [4.69, 9.17) is 4.74 Å². The summed E-state index contributed by atoms with van der Waals surface area (Å²) in [7, 11) is 0. The van der Waals surface area contributed by atoms with Gasteiger partial charge in [-0.25, -0.2) is 4.98 Å². The molecular weight excluding hydrogens is 284 g/mol. The zero-order valence-corrected chi connectivity index (χ0v) is 13.4.